The van der Waals surface area contributed by atoms with E-state index in [9.17, 15) is 9.59 Å². The van der Waals surface area contributed by atoms with Crippen LogP contribution in [0.2, 0.25) is 5.02 Å². The number of hydrogen-bond donors (Lipinski definition) is 1. The Balaban J connectivity index is 1.85. The molecular weight excluding hydrogens is 370 g/mol. The molecule has 0 unspecified atom stereocenters. The Labute approximate surface area is 163 Å². The standard InChI is InChI=1S/C20H22ClNO5/c1-4-25-17-7-5-6-8-18(17)26-12-19(23)27-14(3)20(24)22-15-10-9-13(2)16(21)11-15/h5-11,14H,4,12H2,1-3H3,(H,22,24)/t14-/m1/s1. The van der Waals surface area contributed by atoms with E-state index in [2.05, 4.69) is 5.32 Å². The maximum absolute atomic E-state index is 12.2. The molecule has 0 aromatic heterocycles. The Bertz CT molecular complexity index is 809. The number of halogens is 1. The molecule has 27 heavy (non-hydrogen) atoms. The van der Waals surface area contributed by atoms with Crippen molar-refractivity contribution in [1.29, 1.82) is 0 Å². The largest absolute Gasteiger partial charge is 0.490 e. The van der Waals surface area contributed by atoms with Gasteiger partial charge >= 0.3 is 5.97 Å². The summed E-state index contributed by atoms with van der Waals surface area (Å²) in [5.41, 5.74) is 1.43. The number of amides is 1. The molecule has 0 aliphatic rings. The van der Waals surface area contributed by atoms with Crippen molar-refractivity contribution in [2.75, 3.05) is 18.5 Å². The van der Waals surface area contributed by atoms with Crippen molar-refractivity contribution in [3.63, 3.8) is 0 Å². The van der Waals surface area contributed by atoms with E-state index in [4.69, 9.17) is 25.8 Å². The molecule has 0 spiro atoms. The van der Waals surface area contributed by atoms with Crippen LogP contribution in [0.5, 0.6) is 11.5 Å². The van der Waals surface area contributed by atoms with Crippen LogP contribution >= 0.6 is 11.6 Å². The zero-order valence-corrected chi connectivity index (χ0v) is 16.2. The van der Waals surface area contributed by atoms with Crippen LogP contribution in [0.4, 0.5) is 5.69 Å². The molecule has 0 fully saturated rings. The van der Waals surface area contributed by atoms with Crippen molar-refractivity contribution in [3.05, 3.63) is 53.1 Å². The van der Waals surface area contributed by atoms with Crippen LogP contribution in [-0.4, -0.2) is 31.2 Å². The second-order valence-corrected chi connectivity index (χ2v) is 6.16. The van der Waals surface area contributed by atoms with E-state index in [-0.39, 0.29) is 6.61 Å². The van der Waals surface area contributed by atoms with Gasteiger partial charge in [-0.15, -0.1) is 0 Å². The molecule has 1 amide bonds. The highest BCUT2D eigenvalue weighted by atomic mass is 35.5. The third-order valence-electron chi connectivity index (χ3n) is 3.61. The zero-order chi connectivity index (χ0) is 19.8. The number of aryl methyl sites for hydroxylation is 1. The lowest BCUT2D eigenvalue weighted by molar-refractivity contribution is -0.155. The highest BCUT2D eigenvalue weighted by Gasteiger charge is 2.19. The second kappa shape index (κ2) is 9.83. The third-order valence-corrected chi connectivity index (χ3v) is 4.02. The van der Waals surface area contributed by atoms with Crippen LogP contribution in [0, 0.1) is 6.92 Å². The SMILES string of the molecule is CCOc1ccccc1OCC(=O)O[C@H](C)C(=O)Nc1ccc(C)c(Cl)c1. The highest BCUT2D eigenvalue weighted by Crippen LogP contribution is 2.26. The summed E-state index contributed by atoms with van der Waals surface area (Å²) in [5, 5.41) is 3.19. The van der Waals surface area contributed by atoms with Gasteiger partial charge in [0, 0.05) is 10.7 Å². The second-order valence-electron chi connectivity index (χ2n) is 5.75. The van der Waals surface area contributed by atoms with Crippen LogP contribution < -0.4 is 14.8 Å². The number of para-hydroxylation sites is 2. The molecule has 0 saturated carbocycles. The Hall–Kier alpha value is -2.73. The zero-order valence-electron chi connectivity index (χ0n) is 15.5. The van der Waals surface area contributed by atoms with Gasteiger partial charge in [-0.2, -0.15) is 0 Å². The topological polar surface area (TPSA) is 73.9 Å². The molecule has 1 N–H and O–H groups in total. The molecule has 7 heteroatoms. The number of rotatable bonds is 8. The Morgan fingerprint density at radius 3 is 2.41 bits per heavy atom. The molecule has 144 valence electrons. The fraction of sp³-hybridized carbons (Fsp3) is 0.300. The minimum atomic E-state index is -0.983. The quantitative estimate of drug-likeness (QED) is 0.688. The first-order chi connectivity index (χ1) is 12.9. The van der Waals surface area contributed by atoms with Crippen LogP contribution in [0.1, 0.15) is 19.4 Å². The number of carbonyl (C=O) groups excluding carboxylic acids is 2. The fourth-order valence-corrected chi connectivity index (χ4v) is 2.36. The molecule has 0 saturated heterocycles. The molecule has 1 atom stereocenters. The van der Waals surface area contributed by atoms with Gasteiger partial charge in [-0.3, -0.25) is 4.79 Å². The van der Waals surface area contributed by atoms with Gasteiger partial charge in [-0.05, 0) is 50.6 Å². The summed E-state index contributed by atoms with van der Waals surface area (Å²) in [6.45, 7) is 5.34. The Morgan fingerprint density at radius 2 is 1.78 bits per heavy atom. The molecule has 0 bridgehead atoms. The van der Waals surface area contributed by atoms with E-state index >= 15 is 0 Å². The van der Waals surface area contributed by atoms with Crippen LogP contribution in [0.25, 0.3) is 0 Å². The van der Waals surface area contributed by atoms with E-state index in [1.54, 1.807) is 42.5 Å². The van der Waals surface area contributed by atoms with Gasteiger partial charge in [0.25, 0.3) is 5.91 Å². The van der Waals surface area contributed by atoms with Gasteiger partial charge in [0.05, 0.1) is 6.61 Å². The predicted octanol–water partition coefficient (Wildman–Crippen LogP) is 4.00. The smallest absolute Gasteiger partial charge is 0.344 e. The summed E-state index contributed by atoms with van der Waals surface area (Å²) in [4.78, 5) is 24.1. The molecule has 2 aromatic rings. The lowest BCUT2D eigenvalue weighted by Gasteiger charge is -2.15. The minimum Gasteiger partial charge on any atom is -0.490 e. The van der Waals surface area contributed by atoms with E-state index < -0.39 is 18.0 Å². The molecule has 2 rings (SSSR count). The highest BCUT2D eigenvalue weighted by molar-refractivity contribution is 6.31. The summed E-state index contributed by atoms with van der Waals surface area (Å²) in [6.07, 6.45) is -0.983. The number of hydrogen-bond acceptors (Lipinski definition) is 5. The predicted molar refractivity (Wildman–Crippen MR) is 103 cm³/mol. The summed E-state index contributed by atoms with van der Waals surface area (Å²) in [7, 11) is 0. The third kappa shape index (κ3) is 6.18. The molecule has 0 radical (unpaired) electrons. The maximum Gasteiger partial charge on any atom is 0.344 e. The summed E-state index contributed by atoms with van der Waals surface area (Å²) in [6, 6.07) is 12.2. The molecule has 0 aliphatic carbocycles. The van der Waals surface area contributed by atoms with Crippen molar-refractivity contribution in [3.8, 4) is 11.5 Å². The maximum atomic E-state index is 12.2. The average molecular weight is 392 g/mol. The Morgan fingerprint density at radius 1 is 1.11 bits per heavy atom. The van der Waals surface area contributed by atoms with Crippen molar-refractivity contribution in [2.24, 2.45) is 0 Å². The lowest BCUT2D eigenvalue weighted by Crippen LogP contribution is -2.31. The fourth-order valence-electron chi connectivity index (χ4n) is 2.18. The van der Waals surface area contributed by atoms with E-state index in [1.165, 1.54) is 6.92 Å². The minimum absolute atomic E-state index is 0.335. The van der Waals surface area contributed by atoms with Gasteiger partial charge < -0.3 is 19.5 Å². The van der Waals surface area contributed by atoms with E-state index in [0.717, 1.165) is 5.56 Å². The number of esters is 1. The van der Waals surface area contributed by atoms with Gasteiger partial charge in [-0.25, -0.2) is 4.79 Å². The first-order valence-corrected chi connectivity index (χ1v) is 8.89. The number of benzene rings is 2. The molecule has 0 aliphatic heterocycles. The monoisotopic (exact) mass is 391 g/mol. The first-order valence-electron chi connectivity index (χ1n) is 8.51. The number of carbonyl (C=O) groups is 2. The van der Waals surface area contributed by atoms with Crippen LogP contribution in [0.15, 0.2) is 42.5 Å². The summed E-state index contributed by atoms with van der Waals surface area (Å²) in [5.74, 6) is -0.151. The van der Waals surface area contributed by atoms with Crippen LogP contribution in [-0.2, 0) is 14.3 Å². The number of ether oxygens (including phenoxy) is 3. The normalized spacial score (nSPS) is 11.4. The van der Waals surface area contributed by atoms with Crippen molar-refractivity contribution < 1.29 is 23.8 Å². The van der Waals surface area contributed by atoms with Gasteiger partial charge in [0.15, 0.2) is 24.2 Å². The molecule has 2 aromatic carbocycles. The Kier molecular flexibility index (Phi) is 7.49. The number of anilines is 1. The summed E-state index contributed by atoms with van der Waals surface area (Å²) < 4.78 is 16.0. The first kappa shape index (κ1) is 20.6. The molecule has 6 nitrogen and oxygen atoms in total. The van der Waals surface area contributed by atoms with E-state index in [0.29, 0.717) is 28.8 Å². The molecular formula is C20H22ClNO5. The average Bonchev–Trinajstić information content (AvgIpc) is 2.64. The summed E-state index contributed by atoms with van der Waals surface area (Å²) >= 11 is 6.03. The van der Waals surface area contributed by atoms with Crippen molar-refractivity contribution in [2.45, 2.75) is 26.9 Å². The van der Waals surface area contributed by atoms with Gasteiger partial charge in [0.2, 0.25) is 0 Å². The van der Waals surface area contributed by atoms with Gasteiger partial charge in [-0.1, -0.05) is 29.8 Å². The van der Waals surface area contributed by atoms with Crippen molar-refractivity contribution >= 4 is 29.2 Å². The van der Waals surface area contributed by atoms with Crippen LogP contribution in [0.3, 0.4) is 0 Å². The number of nitrogens with one attached hydrogen (secondary N) is 1. The van der Waals surface area contributed by atoms with Crippen molar-refractivity contribution in [1.82, 2.24) is 0 Å². The lowest BCUT2D eigenvalue weighted by atomic mass is 10.2. The molecule has 0 heterocycles. The van der Waals surface area contributed by atoms with Gasteiger partial charge in [0.1, 0.15) is 0 Å². The van der Waals surface area contributed by atoms with E-state index in [1.807, 2.05) is 13.8 Å².